The standard InChI is InChI=1S/C17H20N8OS/c1-10-23-24-17(25(10)11-7-8-11)27-9-14-20-15(18)22-16(21-14)19-12-5-3-4-6-13(12)26-2/h3-6,11H,7-9H2,1-2H3,(H3,18,19,20,21,22). The van der Waals surface area contributed by atoms with Gasteiger partial charge in [-0.3, -0.25) is 0 Å². The van der Waals surface area contributed by atoms with Crippen molar-refractivity contribution in [2.24, 2.45) is 0 Å². The van der Waals surface area contributed by atoms with Crippen molar-refractivity contribution < 1.29 is 4.74 Å². The second kappa shape index (κ2) is 7.39. The minimum absolute atomic E-state index is 0.165. The Labute approximate surface area is 160 Å². The molecule has 1 aromatic carbocycles. The molecule has 27 heavy (non-hydrogen) atoms. The predicted octanol–water partition coefficient (Wildman–Crippen LogP) is 2.73. The van der Waals surface area contributed by atoms with Crippen molar-refractivity contribution in [1.82, 2.24) is 29.7 Å². The molecule has 0 bridgehead atoms. The molecular formula is C17H20N8OS. The first kappa shape index (κ1) is 17.5. The molecule has 0 amide bonds. The number of hydrogen-bond donors (Lipinski definition) is 2. The van der Waals surface area contributed by atoms with E-state index in [0.717, 1.165) is 16.7 Å². The largest absolute Gasteiger partial charge is 0.495 e. The molecule has 0 unspecified atom stereocenters. The van der Waals surface area contributed by atoms with E-state index < -0.39 is 0 Å². The number of nitrogens with zero attached hydrogens (tertiary/aromatic N) is 6. The Morgan fingerprint density at radius 1 is 1.22 bits per heavy atom. The van der Waals surface area contributed by atoms with E-state index in [9.17, 15) is 0 Å². The highest BCUT2D eigenvalue weighted by atomic mass is 32.2. The topological polar surface area (TPSA) is 117 Å². The lowest BCUT2D eigenvalue weighted by Gasteiger charge is -2.10. The van der Waals surface area contributed by atoms with Crippen LogP contribution in [0.15, 0.2) is 29.4 Å². The summed E-state index contributed by atoms with van der Waals surface area (Å²) < 4.78 is 7.52. The highest BCUT2D eigenvalue weighted by Gasteiger charge is 2.28. The molecule has 0 saturated heterocycles. The van der Waals surface area contributed by atoms with Crippen LogP contribution in [-0.2, 0) is 5.75 Å². The van der Waals surface area contributed by atoms with E-state index in [2.05, 4.69) is 35.0 Å². The number of nitrogens with one attached hydrogen (secondary N) is 1. The van der Waals surface area contributed by atoms with Gasteiger partial charge in [0.05, 0.1) is 18.6 Å². The zero-order chi connectivity index (χ0) is 18.8. The van der Waals surface area contributed by atoms with Crippen LogP contribution in [0, 0.1) is 6.92 Å². The molecule has 3 aromatic rings. The van der Waals surface area contributed by atoms with E-state index in [1.807, 2.05) is 31.2 Å². The zero-order valence-electron chi connectivity index (χ0n) is 15.1. The third kappa shape index (κ3) is 3.95. The van der Waals surface area contributed by atoms with E-state index in [1.165, 1.54) is 12.8 Å². The van der Waals surface area contributed by atoms with E-state index in [-0.39, 0.29) is 5.95 Å². The van der Waals surface area contributed by atoms with Crippen LogP contribution in [0.2, 0.25) is 0 Å². The van der Waals surface area contributed by atoms with Crippen molar-refractivity contribution in [2.75, 3.05) is 18.2 Å². The minimum atomic E-state index is 0.165. The number of para-hydroxylation sites is 2. The number of thioether (sulfide) groups is 1. The lowest BCUT2D eigenvalue weighted by molar-refractivity contribution is 0.417. The van der Waals surface area contributed by atoms with Gasteiger partial charge in [-0.2, -0.15) is 15.0 Å². The number of benzene rings is 1. The number of hydrogen-bond acceptors (Lipinski definition) is 9. The molecule has 1 saturated carbocycles. The van der Waals surface area contributed by atoms with Crippen molar-refractivity contribution in [3.8, 4) is 5.75 Å². The van der Waals surface area contributed by atoms with Crippen molar-refractivity contribution in [1.29, 1.82) is 0 Å². The first-order chi connectivity index (χ1) is 13.1. The molecule has 140 valence electrons. The summed E-state index contributed by atoms with van der Waals surface area (Å²) in [5.74, 6) is 3.28. The third-order valence-electron chi connectivity index (χ3n) is 4.13. The molecule has 9 nitrogen and oxygen atoms in total. The highest BCUT2D eigenvalue weighted by molar-refractivity contribution is 7.98. The molecule has 1 aliphatic carbocycles. The summed E-state index contributed by atoms with van der Waals surface area (Å²) in [6.07, 6.45) is 2.36. The van der Waals surface area contributed by atoms with Crippen LogP contribution in [0.4, 0.5) is 17.6 Å². The Morgan fingerprint density at radius 3 is 2.81 bits per heavy atom. The van der Waals surface area contributed by atoms with Crippen LogP contribution in [0.1, 0.15) is 30.5 Å². The summed E-state index contributed by atoms with van der Waals surface area (Å²) in [7, 11) is 1.61. The molecule has 0 atom stereocenters. The number of nitrogen functional groups attached to an aromatic ring is 1. The molecule has 10 heteroatoms. The Hall–Kier alpha value is -2.88. The highest BCUT2D eigenvalue weighted by Crippen LogP contribution is 2.39. The molecule has 0 spiro atoms. The average molecular weight is 384 g/mol. The smallest absolute Gasteiger partial charge is 0.232 e. The van der Waals surface area contributed by atoms with E-state index >= 15 is 0 Å². The average Bonchev–Trinajstić information content (AvgIpc) is 3.42. The van der Waals surface area contributed by atoms with Crippen LogP contribution in [0.25, 0.3) is 0 Å². The molecule has 1 fully saturated rings. The Bertz CT molecular complexity index is 956. The van der Waals surface area contributed by atoms with Crippen molar-refractivity contribution in [3.63, 3.8) is 0 Å². The van der Waals surface area contributed by atoms with E-state index in [4.69, 9.17) is 10.5 Å². The Kier molecular flexibility index (Phi) is 4.80. The van der Waals surface area contributed by atoms with Crippen LogP contribution >= 0.6 is 11.8 Å². The van der Waals surface area contributed by atoms with Gasteiger partial charge in [0.15, 0.2) is 5.16 Å². The molecule has 1 aliphatic rings. The molecule has 2 heterocycles. The van der Waals surface area contributed by atoms with Gasteiger partial charge in [0.2, 0.25) is 11.9 Å². The molecule has 4 rings (SSSR count). The third-order valence-corrected chi connectivity index (χ3v) is 5.07. The van der Waals surface area contributed by atoms with E-state index in [0.29, 0.717) is 29.3 Å². The number of anilines is 3. The maximum atomic E-state index is 5.87. The zero-order valence-corrected chi connectivity index (χ0v) is 15.9. The minimum Gasteiger partial charge on any atom is -0.495 e. The fourth-order valence-corrected chi connectivity index (χ4v) is 3.66. The second-order valence-electron chi connectivity index (χ2n) is 6.18. The number of aromatic nitrogens is 6. The van der Waals surface area contributed by atoms with Gasteiger partial charge in [-0.15, -0.1) is 10.2 Å². The van der Waals surface area contributed by atoms with Gasteiger partial charge < -0.3 is 20.4 Å². The SMILES string of the molecule is COc1ccccc1Nc1nc(N)nc(CSc2nnc(C)n2C2CC2)n1. The normalized spacial score (nSPS) is 13.6. The lowest BCUT2D eigenvalue weighted by atomic mass is 10.3. The monoisotopic (exact) mass is 384 g/mol. The van der Waals surface area contributed by atoms with Crippen LogP contribution in [0.3, 0.4) is 0 Å². The summed E-state index contributed by atoms with van der Waals surface area (Å²) in [5.41, 5.74) is 6.63. The van der Waals surface area contributed by atoms with Gasteiger partial charge in [0.1, 0.15) is 17.4 Å². The number of methoxy groups -OCH3 is 1. The number of nitrogens with two attached hydrogens (primary N) is 1. The molecular weight excluding hydrogens is 364 g/mol. The summed E-state index contributed by atoms with van der Waals surface area (Å²) in [6, 6.07) is 8.06. The van der Waals surface area contributed by atoms with Gasteiger partial charge in [0, 0.05) is 6.04 Å². The fourth-order valence-electron chi connectivity index (χ4n) is 2.76. The first-order valence-electron chi connectivity index (χ1n) is 8.59. The number of rotatable bonds is 7. The van der Waals surface area contributed by atoms with Crippen molar-refractivity contribution in [2.45, 2.75) is 36.7 Å². The molecule has 3 N–H and O–H groups in total. The second-order valence-corrected chi connectivity index (χ2v) is 7.12. The molecule has 0 aliphatic heterocycles. The number of ether oxygens (including phenoxy) is 1. The molecule has 2 aromatic heterocycles. The Morgan fingerprint density at radius 2 is 2.04 bits per heavy atom. The van der Waals surface area contributed by atoms with Gasteiger partial charge in [-0.05, 0) is 31.9 Å². The van der Waals surface area contributed by atoms with E-state index in [1.54, 1.807) is 18.9 Å². The van der Waals surface area contributed by atoms with Gasteiger partial charge in [-0.25, -0.2) is 0 Å². The summed E-state index contributed by atoms with van der Waals surface area (Å²) in [6.45, 7) is 1.98. The summed E-state index contributed by atoms with van der Waals surface area (Å²) in [4.78, 5) is 12.9. The van der Waals surface area contributed by atoms with Gasteiger partial charge in [0.25, 0.3) is 0 Å². The van der Waals surface area contributed by atoms with Gasteiger partial charge in [-0.1, -0.05) is 23.9 Å². The molecule has 0 radical (unpaired) electrons. The predicted molar refractivity (Wildman–Crippen MR) is 103 cm³/mol. The summed E-state index contributed by atoms with van der Waals surface area (Å²) >= 11 is 1.55. The maximum Gasteiger partial charge on any atom is 0.232 e. The lowest BCUT2D eigenvalue weighted by Crippen LogP contribution is -2.07. The number of aryl methyl sites for hydroxylation is 1. The quantitative estimate of drug-likeness (QED) is 0.593. The van der Waals surface area contributed by atoms with Crippen LogP contribution in [-0.4, -0.2) is 36.8 Å². The summed E-state index contributed by atoms with van der Waals surface area (Å²) in [5, 5.41) is 12.5. The fraction of sp³-hybridized carbons (Fsp3) is 0.353. The van der Waals surface area contributed by atoms with Crippen LogP contribution < -0.4 is 15.8 Å². The van der Waals surface area contributed by atoms with Crippen molar-refractivity contribution in [3.05, 3.63) is 35.9 Å². The van der Waals surface area contributed by atoms with Crippen LogP contribution in [0.5, 0.6) is 5.75 Å². The van der Waals surface area contributed by atoms with Crippen molar-refractivity contribution >= 4 is 29.3 Å². The Balaban J connectivity index is 1.51. The van der Waals surface area contributed by atoms with Gasteiger partial charge >= 0.3 is 0 Å². The maximum absolute atomic E-state index is 5.87. The first-order valence-corrected chi connectivity index (χ1v) is 9.57.